The molecule has 2 aromatic carbocycles. The van der Waals surface area contributed by atoms with Crippen LogP contribution in [-0.4, -0.2) is 11.5 Å². The van der Waals surface area contributed by atoms with Gasteiger partial charge in [0.25, 0.3) is 0 Å². The normalized spacial score (nSPS) is 10.7. The number of nitrogens with zero attached hydrogens (tertiary/aromatic N) is 1. The van der Waals surface area contributed by atoms with Crippen LogP contribution in [0.4, 0.5) is 5.69 Å². The van der Waals surface area contributed by atoms with Gasteiger partial charge in [0.1, 0.15) is 5.01 Å². The Morgan fingerprint density at radius 3 is 2.27 bits per heavy atom. The van der Waals surface area contributed by atoms with E-state index in [9.17, 15) is 0 Å². The summed E-state index contributed by atoms with van der Waals surface area (Å²) >= 11 is 7.68. The van der Waals surface area contributed by atoms with Gasteiger partial charge in [-0.25, -0.2) is 4.98 Å². The van der Waals surface area contributed by atoms with Gasteiger partial charge in [-0.1, -0.05) is 23.7 Å². The lowest BCUT2D eigenvalue weighted by Crippen LogP contribution is -1.95. The van der Waals surface area contributed by atoms with Crippen LogP contribution in [0.2, 0.25) is 5.02 Å². The number of hydrogen-bond donors (Lipinski definition) is 1. The second-order valence-electron chi connectivity index (χ2n) is 5.04. The standard InChI is InChI=1S/C18H17ClN2S/c1-3-20-16-10-6-14(7-11-16)18-21-17(12(2)22-18)13-4-8-15(19)9-5-13/h4-11,20H,3H2,1-2H3. The molecule has 0 atom stereocenters. The number of hydrogen-bond acceptors (Lipinski definition) is 3. The summed E-state index contributed by atoms with van der Waals surface area (Å²) in [5, 5.41) is 5.10. The molecular formula is C18H17ClN2S. The molecule has 0 aliphatic rings. The molecule has 0 saturated heterocycles. The Kier molecular flexibility index (Phi) is 4.46. The van der Waals surface area contributed by atoms with E-state index in [4.69, 9.17) is 16.6 Å². The summed E-state index contributed by atoms with van der Waals surface area (Å²) in [7, 11) is 0. The van der Waals surface area contributed by atoms with E-state index in [0.29, 0.717) is 0 Å². The molecule has 22 heavy (non-hydrogen) atoms. The van der Waals surface area contributed by atoms with E-state index in [1.165, 1.54) is 4.88 Å². The second-order valence-corrected chi connectivity index (χ2v) is 6.68. The third-order valence-electron chi connectivity index (χ3n) is 3.43. The molecule has 0 aliphatic heterocycles. The molecule has 112 valence electrons. The minimum Gasteiger partial charge on any atom is -0.385 e. The van der Waals surface area contributed by atoms with Crippen LogP contribution in [0.1, 0.15) is 11.8 Å². The summed E-state index contributed by atoms with van der Waals surface area (Å²) in [5.41, 5.74) is 4.42. The van der Waals surface area contributed by atoms with Crippen molar-refractivity contribution in [2.75, 3.05) is 11.9 Å². The first-order valence-electron chi connectivity index (χ1n) is 7.25. The van der Waals surface area contributed by atoms with Crippen LogP contribution >= 0.6 is 22.9 Å². The maximum Gasteiger partial charge on any atom is 0.124 e. The number of anilines is 1. The van der Waals surface area contributed by atoms with Gasteiger partial charge >= 0.3 is 0 Å². The van der Waals surface area contributed by atoms with Crippen LogP contribution in [-0.2, 0) is 0 Å². The Morgan fingerprint density at radius 1 is 1.00 bits per heavy atom. The Bertz CT molecular complexity index is 761. The summed E-state index contributed by atoms with van der Waals surface area (Å²) in [5.74, 6) is 0. The zero-order valence-corrected chi connectivity index (χ0v) is 14.1. The van der Waals surface area contributed by atoms with Gasteiger partial charge in [-0.05, 0) is 50.2 Å². The largest absolute Gasteiger partial charge is 0.385 e. The minimum atomic E-state index is 0.746. The predicted octanol–water partition coefficient (Wildman–Crippen LogP) is 5.87. The number of thiazole rings is 1. The molecule has 1 N–H and O–H groups in total. The molecule has 3 rings (SSSR count). The second kappa shape index (κ2) is 6.51. The van der Waals surface area contributed by atoms with E-state index in [-0.39, 0.29) is 0 Å². The van der Waals surface area contributed by atoms with Gasteiger partial charge in [0.2, 0.25) is 0 Å². The van der Waals surface area contributed by atoms with Gasteiger partial charge in [0.15, 0.2) is 0 Å². The first-order valence-corrected chi connectivity index (χ1v) is 8.44. The van der Waals surface area contributed by atoms with Crippen molar-refractivity contribution in [3.05, 3.63) is 58.4 Å². The van der Waals surface area contributed by atoms with Crippen LogP contribution in [0, 0.1) is 6.92 Å². The van der Waals surface area contributed by atoms with Gasteiger partial charge in [0, 0.05) is 33.3 Å². The quantitative estimate of drug-likeness (QED) is 0.647. The fourth-order valence-electron chi connectivity index (χ4n) is 2.33. The van der Waals surface area contributed by atoms with Crippen LogP contribution in [0.15, 0.2) is 48.5 Å². The summed E-state index contributed by atoms with van der Waals surface area (Å²) in [6.07, 6.45) is 0. The molecule has 1 aromatic heterocycles. The van der Waals surface area contributed by atoms with E-state index in [1.807, 2.05) is 24.3 Å². The van der Waals surface area contributed by atoms with Crippen molar-refractivity contribution in [1.29, 1.82) is 0 Å². The number of rotatable bonds is 4. The highest BCUT2D eigenvalue weighted by atomic mass is 35.5. The Morgan fingerprint density at radius 2 is 1.64 bits per heavy atom. The molecule has 4 heteroatoms. The minimum absolute atomic E-state index is 0.746. The van der Waals surface area contributed by atoms with Gasteiger partial charge in [-0.2, -0.15) is 0 Å². The summed E-state index contributed by atoms with van der Waals surface area (Å²) < 4.78 is 0. The van der Waals surface area contributed by atoms with E-state index < -0.39 is 0 Å². The average molecular weight is 329 g/mol. The molecule has 0 fully saturated rings. The number of benzene rings is 2. The number of aryl methyl sites for hydroxylation is 1. The summed E-state index contributed by atoms with van der Waals surface area (Å²) in [6, 6.07) is 16.3. The van der Waals surface area contributed by atoms with E-state index in [2.05, 4.69) is 43.4 Å². The van der Waals surface area contributed by atoms with Crippen molar-refractivity contribution in [2.24, 2.45) is 0 Å². The first-order chi connectivity index (χ1) is 10.7. The van der Waals surface area contributed by atoms with Gasteiger partial charge in [-0.3, -0.25) is 0 Å². The lowest BCUT2D eigenvalue weighted by Gasteiger charge is -2.03. The third kappa shape index (κ3) is 3.16. The predicted molar refractivity (Wildman–Crippen MR) is 96.9 cm³/mol. The summed E-state index contributed by atoms with van der Waals surface area (Å²) in [4.78, 5) is 6.03. The molecule has 0 aliphatic carbocycles. The molecular weight excluding hydrogens is 312 g/mol. The highest BCUT2D eigenvalue weighted by Gasteiger charge is 2.11. The highest BCUT2D eigenvalue weighted by Crippen LogP contribution is 2.34. The lowest BCUT2D eigenvalue weighted by molar-refractivity contribution is 1.21. The monoisotopic (exact) mass is 328 g/mol. The van der Waals surface area contributed by atoms with Crippen molar-refractivity contribution >= 4 is 28.6 Å². The highest BCUT2D eigenvalue weighted by molar-refractivity contribution is 7.15. The van der Waals surface area contributed by atoms with E-state index in [1.54, 1.807) is 11.3 Å². The van der Waals surface area contributed by atoms with Crippen LogP contribution in [0.5, 0.6) is 0 Å². The first kappa shape index (κ1) is 15.1. The lowest BCUT2D eigenvalue weighted by atomic mass is 10.1. The molecule has 1 heterocycles. The van der Waals surface area contributed by atoms with E-state index >= 15 is 0 Å². The molecule has 3 aromatic rings. The molecule has 0 spiro atoms. The van der Waals surface area contributed by atoms with Crippen molar-refractivity contribution < 1.29 is 0 Å². The summed E-state index contributed by atoms with van der Waals surface area (Å²) in [6.45, 7) is 5.13. The Hall–Kier alpha value is -1.84. The number of nitrogens with one attached hydrogen (secondary N) is 1. The fourth-order valence-corrected chi connectivity index (χ4v) is 3.40. The average Bonchev–Trinajstić information content (AvgIpc) is 2.91. The van der Waals surface area contributed by atoms with Crippen LogP contribution < -0.4 is 5.32 Å². The van der Waals surface area contributed by atoms with E-state index in [0.717, 1.165) is 39.1 Å². The molecule has 0 amide bonds. The van der Waals surface area contributed by atoms with Crippen molar-refractivity contribution in [3.63, 3.8) is 0 Å². The maximum absolute atomic E-state index is 5.96. The molecule has 0 unspecified atom stereocenters. The number of halogens is 1. The zero-order valence-electron chi connectivity index (χ0n) is 12.6. The maximum atomic E-state index is 5.96. The van der Waals surface area contributed by atoms with Gasteiger partial charge in [0.05, 0.1) is 5.69 Å². The molecule has 0 bridgehead atoms. The van der Waals surface area contributed by atoms with Crippen LogP contribution in [0.25, 0.3) is 21.8 Å². The molecule has 2 nitrogen and oxygen atoms in total. The van der Waals surface area contributed by atoms with Gasteiger partial charge < -0.3 is 5.32 Å². The molecule has 0 saturated carbocycles. The SMILES string of the molecule is CCNc1ccc(-c2nc(-c3ccc(Cl)cc3)c(C)s2)cc1. The Labute approximate surface area is 139 Å². The van der Waals surface area contributed by atoms with Crippen LogP contribution in [0.3, 0.4) is 0 Å². The number of aromatic nitrogens is 1. The smallest absolute Gasteiger partial charge is 0.124 e. The van der Waals surface area contributed by atoms with Gasteiger partial charge in [-0.15, -0.1) is 11.3 Å². The fraction of sp³-hybridized carbons (Fsp3) is 0.167. The Balaban J connectivity index is 1.93. The molecule has 0 radical (unpaired) electrons. The zero-order chi connectivity index (χ0) is 15.5. The third-order valence-corrected chi connectivity index (χ3v) is 4.70. The van der Waals surface area contributed by atoms with Crippen molar-refractivity contribution in [3.8, 4) is 21.8 Å². The van der Waals surface area contributed by atoms with Crippen molar-refractivity contribution in [2.45, 2.75) is 13.8 Å². The van der Waals surface area contributed by atoms with Crippen molar-refractivity contribution in [1.82, 2.24) is 4.98 Å². The topological polar surface area (TPSA) is 24.9 Å².